The highest BCUT2D eigenvalue weighted by molar-refractivity contribution is 6.02. The molecule has 7 rings (SSSR count). The fourth-order valence-corrected chi connectivity index (χ4v) is 4.59. The van der Waals surface area contributed by atoms with Crippen molar-refractivity contribution in [3.05, 3.63) is 84.3 Å². The number of imidazole rings is 1. The summed E-state index contributed by atoms with van der Waals surface area (Å²) in [6.45, 7) is 4.48. The number of hydrogen-bond acceptors (Lipinski definition) is 7. The highest BCUT2D eigenvalue weighted by Crippen LogP contribution is 2.30. The van der Waals surface area contributed by atoms with E-state index in [9.17, 15) is 0 Å². The molecule has 38 heavy (non-hydrogen) atoms. The number of hydrogen-bond donors (Lipinski definition) is 3. The maximum Gasteiger partial charge on any atom is 0.300 e. The van der Waals surface area contributed by atoms with Crippen molar-refractivity contribution in [3.8, 4) is 22.5 Å². The summed E-state index contributed by atoms with van der Waals surface area (Å²) in [7, 11) is 0. The average molecular weight is 507 g/mol. The molecule has 0 fully saturated rings. The lowest BCUT2D eigenvalue weighted by molar-refractivity contribution is -0.134. The standard InChI is InChI=1S/C27H22N6O.C2H4O2/c1-3-18(23-13-19-5-6-20(14-24(19)34-23)26-28-9-10-29-26)4-2-17(1)21-7-8-25-32-22(16-33(25)15-21)27-30-11-12-31-27;1-2(3)4/h1-8,13-16H,9-12H2,(H,28,29)(H,30,31);1H3,(H,3,4). The molecule has 2 aliphatic heterocycles. The number of amidine groups is 2. The first-order valence-electron chi connectivity index (χ1n) is 12.4. The van der Waals surface area contributed by atoms with E-state index in [2.05, 4.69) is 90.8 Å². The number of benzene rings is 2. The number of fused-ring (bicyclic) bond motifs is 2. The van der Waals surface area contributed by atoms with Gasteiger partial charge in [0.1, 0.15) is 34.4 Å². The first-order chi connectivity index (χ1) is 18.5. The molecule has 0 aliphatic carbocycles. The van der Waals surface area contributed by atoms with Gasteiger partial charge in [0.2, 0.25) is 0 Å². The number of carboxylic acids is 1. The second-order valence-electron chi connectivity index (χ2n) is 9.08. The Bertz CT molecular complexity index is 1660. The number of nitrogens with one attached hydrogen (secondary N) is 2. The van der Waals surface area contributed by atoms with Gasteiger partial charge in [0, 0.05) is 48.9 Å². The summed E-state index contributed by atoms with van der Waals surface area (Å²) in [6.07, 6.45) is 4.14. The van der Waals surface area contributed by atoms with Crippen LogP contribution in [0.2, 0.25) is 0 Å². The molecule has 2 aliphatic rings. The zero-order chi connectivity index (χ0) is 26.1. The van der Waals surface area contributed by atoms with E-state index in [0.29, 0.717) is 0 Å². The van der Waals surface area contributed by atoms with Crippen LogP contribution >= 0.6 is 0 Å². The topological polar surface area (TPSA) is 117 Å². The van der Waals surface area contributed by atoms with Gasteiger partial charge in [-0.15, -0.1) is 0 Å². The van der Waals surface area contributed by atoms with E-state index in [1.54, 1.807) is 0 Å². The molecule has 5 aromatic rings. The van der Waals surface area contributed by atoms with Gasteiger partial charge in [0.25, 0.3) is 5.97 Å². The Morgan fingerprint density at radius 2 is 1.50 bits per heavy atom. The fourth-order valence-electron chi connectivity index (χ4n) is 4.59. The van der Waals surface area contributed by atoms with Crippen LogP contribution in [0.3, 0.4) is 0 Å². The van der Waals surface area contributed by atoms with Crippen LogP contribution in [0, 0.1) is 0 Å². The van der Waals surface area contributed by atoms with Crippen LogP contribution < -0.4 is 10.6 Å². The molecule has 0 spiro atoms. The average Bonchev–Trinajstić information content (AvgIpc) is 3.73. The van der Waals surface area contributed by atoms with E-state index in [1.807, 2.05) is 12.3 Å². The Labute approximate surface area is 218 Å². The molecular weight excluding hydrogens is 480 g/mol. The number of nitrogens with zero attached hydrogens (tertiary/aromatic N) is 4. The Morgan fingerprint density at radius 3 is 2.21 bits per heavy atom. The number of aliphatic carboxylic acids is 1. The molecule has 0 radical (unpaired) electrons. The number of aromatic nitrogens is 2. The zero-order valence-corrected chi connectivity index (χ0v) is 20.8. The highest BCUT2D eigenvalue weighted by Gasteiger charge is 2.14. The molecule has 0 atom stereocenters. The second-order valence-corrected chi connectivity index (χ2v) is 9.08. The quantitative estimate of drug-likeness (QED) is 0.336. The molecular formula is C29H26N6O3. The first-order valence-corrected chi connectivity index (χ1v) is 12.4. The molecule has 3 aromatic heterocycles. The predicted octanol–water partition coefficient (Wildman–Crippen LogP) is 4.21. The molecule has 0 bridgehead atoms. The van der Waals surface area contributed by atoms with Crippen LogP contribution in [0.1, 0.15) is 18.2 Å². The summed E-state index contributed by atoms with van der Waals surface area (Å²) >= 11 is 0. The van der Waals surface area contributed by atoms with Gasteiger partial charge in [-0.25, -0.2) is 4.98 Å². The molecule has 5 heterocycles. The van der Waals surface area contributed by atoms with E-state index >= 15 is 0 Å². The maximum absolute atomic E-state index is 9.00. The van der Waals surface area contributed by atoms with Crippen LogP contribution in [0.25, 0.3) is 39.1 Å². The Hall–Kier alpha value is -4.92. The fraction of sp³-hybridized carbons (Fsp3) is 0.172. The van der Waals surface area contributed by atoms with Crippen molar-refractivity contribution >= 4 is 34.3 Å². The molecule has 190 valence electrons. The van der Waals surface area contributed by atoms with Crippen molar-refractivity contribution in [2.75, 3.05) is 26.2 Å². The van der Waals surface area contributed by atoms with Gasteiger partial charge in [-0.1, -0.05) is 36.4 Å². The zero-order valence-electron chi connectivity index (χ0n) is 20.8. The van der Waals surface area contributed by atoms with Crippen LogP contribution in [-0.4, -0.2) is 58.3 Å². The van der Waals surface area contributed by atoms with Crippen LogP contribution in [0.4, 0.5) is 0 Å². The van der Waals surface area contributed by atoms with E-state index in [4.69, 9.17) is 14.3 Å². The smallest absolute Gasteiger partial charge is 0.300 e. The van der Waals surface area contributed by atoms with Crippen molar-refractivity contribution in [1.29, 1.82) is 0 Å². The van der Waals surface area contributed by atoms with Crippen molar-refractivity contribution in [2.24, 2.45) is 9.98 Å². The SMILES string of the molecule is CC(=O)O.c1cc2cc(-c3ccc(-c4ccc5nc(C6=NCCN6)cn5c4)cc3)oc2cc1C1=NCCN1. The molecule has 0 unspecified atom stereocenters. The lowest BCUT2D eigenvalue weighted by Crippen LogP contribution is -2.19. The third-order valence-electron chi connectivity index (χ3n) is 6.34. The maximum atomic E-state index is 9.00. The summed E-state index contributed by atoms with van der Waals surface area (Å²) < 4.78 is 8.25. The number of aliphatic imine (C=N–C) groups is 2. The van der Waals surface area contributed by atoms with Gasteiger partial charge < -0.3 is 24.6 Å². The van der Waals surface area contributed by atoms with Gasteiger partial charge in [0.15, 0.2) is 0 Å². The van der Waals surface area contributed by atoms with Crippen molar-refractivity contribution < 1.29 is 14.3 Å². The number of furan rings is 1. The van der Waals surface area contributed by atoms with Crippen molar-refractivity contribution in [1.82, 2.24) is 20.0 Å². The van der Waals surface area contributed by atoms with Gasteiger partial charge in [0.05, 0.1) is 13.1 Å². The van der Waals surface area contributed by atoms with Crippen LogP contribution in [0.5, 0.6) is 0 Å². The van der Waals surface area contributed by atoms with E-state index in [1.165, 1.54) is 0 Å². The van der Waals surface area contributed by atoms with Gasteiger partial charge in [-0.05, 0) is 35.4 Å². The number of carboxylic acid groups (broad SMARTS) is 1. The lowest BCUT2D eigenvalue weighted by atomic mass is 10.0. The van der Waals surface area contributed by atoms with Gasteiger partial charge in [-0.2, -0.15) is 0 Å². The summed E-state index contributed by atoms with van der Waals surface area (Å²) in [4.78, 5) is 22.7. The number of pyridine rings is 1. The summed E-state index contributed by atoms with van der Waals surface area (Å²) in [6, 6.07) is 21.0. The van der Waals surface area contributed by atoms with Crippen molar-refractivity contribution in [2.45, 2.75) is 6.92 Å². The molecule has 9 nitrogen and oxygen atoms in total. The minimum atomic E-state index is -0.833. The summed E-state index contributed by atoms with van der Waals surface area (Å²) in [5.41, 5.74) is 7.05. The molecule has 2 aromatic carbocycles. The van der Waals surface area contributed by atoms with E-state index < -0.39 is 5.97 Å². The summed E-state index contributed by atoms with van der Waals surface area (Å²) in [5, 5.41) is 15.1. The minimum Gasteiger partial charge on any atom is -0.481 e. The lowest BCUT2D eigenvalue weighted by Gasteiger charge is -2.04. The molecule has 0 saturated carbocycles. The van der Waals surface area contributed by atoms with Gasteiger partial charge in [-0.3, -0.25) is 14.8 Å². The molecule has 0 amide bonds. The van der Waals surface area contributed by atoms with Crippen LogP contribution in [-0.2, 0) is 4.79 Å². The summed E-state index contributed by atoms with van der Waals surface area (Å²) in [5.74, 6) is 1.85. The number of carbonyl (C=O) groups is 1. The third-order valence-corrected chi connectivity index (χ3v) is 6.34. The van der Waals surface area contributed by atoms with E-state index in [0.717, 1.165) is 95.1 Å². The molecule has 3 N–H and O–H groups in total. The Balaban J connectivity index is 0.000000620. The van der Waals surface area contributed by atoms with Crippen LogP contribution in [0.15, 0.2) is 87.5 Å². The first kappa shape index (κ1) is 23.5. The number of rotatable bonds is 4. The van der Waals surface area contributed by atoms with E-state index in [-0.39, 0.29) is 0 Å². The van der Waals surface area contributed by atoms with Gasteiger partial charge >= 0.3 is 0 Å². The predicted molar refractivity (Wildman–Crippen MR) is 148 cm³/mol. The minimum absolute atomic E-state index is 0.805. The normalized spacial score (nSPS) is 14.4. The molecule has 9 heteroatoms. The monoisotopic (exact) mass is 506 g/mol. The Morgan fingerprint density at radius 1 is 0.842 bits per heavy atom. The van der Waals surface area contributed by atoms with Crippen molar-refractivity contribution in [3.63, 3.8) is 0 Å². The second kappa shape index (κ2) is 9.85. The largest absolute Gasteiger partial charge is 0.481 e. The Kier molecular flexibility index (Phi) is 6.09. The molecule has 0 saturated heterocycles. The highest BCUT2D eigenvalue weighted by atomic mass is 16.4. The third kappa shape index (κ3) is 4.73.